The van der Waals surface area contributed by atoms with Gasteiger partial charge >= 0.3 is 11.9 Å². The largest absolute Gasteiger partial charge is 0.481 e. The quantitative estimate of drug-likeness (QED) is 0.394. The molecule has 2 N–H and O–H groups in total. The van der Waals surface area contributed by atoms with Gasteiger partial charge in [0.25, 0.3) is 0 Å². The van der Waals surface area contributed by atoms with E-state index in [2.05, 4.69) is 0 Å². The molecular formula is C20H16O7. The molecule has 138 valence electrons. The Hall–Kier alpha value is -3.61. The summed E-state index contributed by atoms with van der Waals surface area (Å²) in [6, 6.07) is 13.3. The van der Waals surface area contributed by atoms with Crippen LogP contribution < -0.4 is 0 Å². The summed E-state index contributed by atoms with van der Waals surface area (Å²) >= 11 is 0. The summed E-state index contributed by atoms with van der Waals surface area (Å²) in [7, 11) is 0. The highest BCUT2D eigenvalue weighted by Crippen LogP contribution is 2.18. The summed E-state index contributed by atoms with van der Waals surface area (Å²) in [5.41, 5.74) is 1.49. The van der Waals surface area contributed by atoms with Gasteiger partial charge in [-0.1, -0.05) is 30.3 Å². The van der Waals surface area contributed by atoms with Gasteiger partial charge in [-0.25, -0.2) is 4.79 Å². The number of carbonyl (C=O) groups excluding carboxylic acids is 3. The normalized spacial score (nSPS) is 10.2. The predicted molar refractivity (Wildman–Crippen MR) is 93.9 cm³/mol. The second-order valence-electron chi connectivity index (χ2n) is 5.90. The van der Waals surface area contributed by atoms with E-state index in [-0.39, 0.29) is 11.1 Å². The van der Waals surface area contributed by atoms with Crippen LogP contribution in [0.15, 0.2) is 48.5 Å². The predicted octanol–water partition coefficient (Wildman–Crippen LogP) is 2.16. The van der Waals surface area contributed by atoms with E-state index in [1.807, 2.05) is 30.3 Å². The summed E-state index contributed by atoms with van der Waals surface area (Å²) in [6.07, 6.45) is -1.20. The molecule has 0 spiro atoms. The summed E-state index contributed by atoms with van der Waals surface area (Å²) < 4.78 is 0. The maximum atomic E-state index is 12.2. The average molecular weight is 368 g/mol. The van der Waals surface area contributed by atoms with Gasteiger partial charge in [-0.3, -0.25) is 19.2 Å². The minimum atomic E-state index is -1.72. The van der Waals surface area contributed by atoms with E-state index in [0.717, 1.165) is 5.56 Å². The Morgan fingerprint density at radius 2 is 1.26 bits per heavy atom. The first-order valence-electron chi connectivity index (χ1n) is 7.98. The summed E-state index contributed by atoms with van der Waals surface area (Å²) in [5.74, 6) is -5.71. The highest BCUT2D eigenvalue weighted by molar-refractivity contribution is 6.37. The van der Waals surface area contributed by atoms with E-state index in [1.54, 1.807) is 0 Å². The van der Waals surface area contributed by atoms with Gasteiger partial charge in [-0.05, 0) is 35.7 Å². The summed E-state index contributed by atoms with van der Waals surface area (Å²) in [5, 5.41) is 17.5. The Morgan fingerprint density at radius 1 is 0.704 bits per heavy atom. The van der Waals surface area contributed by atoms with Crippen molar-refractivity contribution >= 4 is 29.3 Å². The lowest BCUT2D eigenvalue weighted by Crippen LogP contribution is -2.18. The molecule has 0 amide bonds. The first kappa shape index (κ1) is 19.7. The molecule has 7 heteroatoms. The van der Waals surface area contributed by atoms with Crippen LogP contribution in [0, 0.1) is 0 Å². The van der Waals surface area contributed by atoms with Crippen LogP contribution in [0.4, 0.5) is 0 Å². The lowest BCUT2D eigenvalue weighted by atomic mass is 9.94. The number of rotatable bonds is 9. The number of Topliss-reactive ketones (excluding diaryl/α,β-unsaturated/α-hetero) is 3. The van der Waals surface area contributed by atoms with Crippen molar-refractivity contribution in [3.63, 3.8) is 0 Å². The second-order valence-corrected chi connectivity index (χ2v) is 5.90. The highest BCUT2D eigenvalue weighted by Gasteiger charge is 2.20. The Morgan fingerprint density at radius 3 is 1.78 bits per heavy atom. The van der Waals surface area contributed by atoms with E-state index < -0.39 is 42.1 Å². The topological polar surface area (TPSA) is 126 Å². The van der Waals surface area contributed by atoms with Crippen molar-refractivity contribution in [1.82, 2.24) is 0 Å². The standard InChI is InChI=1S/C20H16O7/c21-16(10-18(23)20(26)27)14-7-13(6-12-4-2-1-3-5-12)8-15(9-14)17(22)11-19(24)25/h1-5,7-9H,6,10-11H2,(H,24,25)(H,26,27). The van der Waals surface area contributed by atoms with Crippen LogP contribution in [-0.2, 0) is 20.8 Å². The molecule has 7 nitrogen and oxygen atoms in total. The highest BCUT2D eigenvalue weighted by atomic mass is 16.4. The van der Waals surface area contributed by atoms with Crippen LogP contribution in [0.1, 0.15) is 44.7 Å². The SMILES string of the molecule is O=C(O)CC(=O)c1cc(Cc2ccccc2)cc(C(=O)CC(=O)C(=O)O)c1. The molecule has 0 bridgehead atoms. The fraction of sp³-hybridized carbons (Fsp3) is 0.150. The molecule has 0 saturated carbocycles. The van der Waals surface area contributed by atoms with Crippen molar-refractivity contribution in [2.75, 3.05) is 0 Å². The number of hydrogen-bond acceptors (Lipinski definition) is 5. The Labute approximate surface area is 154 Å². The first-order valence-corrected chi connectivity index (χ1v) is 7.98. The Bertz CT molecular complexity index is 913. The maximum absolute atomic E-state index is 12.2. The smallest absolute Gasteiger partial charge is 0.372 e. The fourth-order valence-electron chi connectivity index (χ4n) is 2.51. The van der Waals surface area contributed by atoms with Gasteiger partial charge < -0.3 is 10.2 Å². The van der Waals surface area contributed by atoms with Gasteiger partial charge in [0.05, 0.1) is 6.42 Å². The third-order valence-electron chi connectivity index (χ3n) is 3.76. The lowest BCUT2D eigenvalue weighted by Gasteiger charge is -2.09. The van der Waals surface area contributed by atoms with Crippen molar-refractivity contribution in [2.24, 2.45) is 0 Å². The number of carboxylic acid groups (broad SMARTS) is 2. The number of ketones is 3. The molecule has 27 heavy (non-hydrogen) atoms. The van der Waals surface area contributed by atoms with Crippen LogP contribution in [-0.4, -0.2) is 39.5 Å². The maximum Gasteiger partial charge on any atom is 0.372 e. The molecule has 0 aliphatic carbocycles. The van der Waals surface area contributed by atoms with Gasteiger partial charge in [0.15, 0.2) is 11.6 Å². The Balaban J connectivity index is 2.39. The van der Waals surface area contributed by atoms with Crippen molar-refractivity contribution in [3.8, 4) is 0 Å². The van der Waals surface area contributed by atoms with Crippen molar-refractivity contribution in [3.05, 3.63) is 70.8 Å². The van der Waals surface area contributed by atoms with Crippen LogP contribution >= 0.6 is 0 Å². The van der Waals surface area contributed by atoms with Crippen molar-refractivity contribution < 1.29 is 34.2 Å². The van der Waals surface area contributed by atoms with Gasteiger partial charge in [-0.2, -0.15) is 0 Å². The molecule has 0 heterocycles. The van der Waals surface area contributed by atoms with Crippen LogP contribution in [0.5, 0.6) is 0 Å². The van der Waals surface area contributed by atoms with E-state index in [9.17, 15) is 24.0 Å². The molecule has 2 aromatic carbocycles. The zero-order valence-corrected chi connectivity index (χ0v) is 14.2. The van der Waals surface area contributed by atoms with E-state index in [4.69, 9.17) is 10.2 Å². The molecule has 0 saturated heterocycles. The van der Waals surface area contributed by atoms with Gasteiger partial charge in [-0.15, -0.1) is 0 Å². The van der Waals surface area contributed by atoms with E-state index >= 15 is 0 Å². The minimum Gasteiger partial charge on any atom is -0.481 e. The monoisotopic (exact) mass is 368 g/mol. The van der Waals surface area contributed by atoms with E-state index in [0.29, 0.717) is 12.0 Å². The number of carboxylic acids is 2. The molecular weight excluding hydrogens is 352 g/mol. The van der Waals surface area contributed by atoms with Gasteiger partial charge in [0, 0.05) is 11.1 Å². The molecule has 2 rings (SSSR count). The first-order chi connectivity index (χ1) is 12.8. The molecule has 2 aromatic rings. The number of benzene rings is 2. The summed E-state index contributed by atoms with van der Waals surface area (Å²) in [4.78, 5) is 57.1. The number of aliphatic carboxylic acids is 2. The van der Waals surface area contributed by atoms with Crippen molar-refractivity contribution in [2.45, 2.75) is 19.3 Å². The molecule has 0 atom stereocenters. The second kappa shape index (κ2) is 8.66. The van der Waals surface area contributed by atoms with Gasteiger partial charge in [0.1, 0.15) is 6.42 Å². The molecule has 0 fully saturated rings. The Kier molecular flexibility index (Phi) is 6.32. The molecule has 0 aliphatic heterocycles. The van der Waals surface area contributed by atoms with Crippen LogP contribution in [0.25, 0.3) is 0 Å². The average Bonchev–Trinajstić information content (AvgIpc) is 2.61. The third-order valence-corrected chi connectivity index (χ3v) is 3.76. The summed E-state index contributed by atoms with van der Waals surface area (Å²) in [6.45, 7) is 0. The van der Waals surface area contributed by atoms with Gasteiger partial charge in [0.2, 0.25) is 5.78 Å². The zero-order chi connectivity index (χ0) is 20.0. The number of carbonyl (C=O) groups is 5. The van der Waals surface area contributed by atoms with E-state index in [1.165, 1.54) is 18.2 Å². The lowest BCUT2D eigenvalue weighted by molar-refractivity contribution is -0.148. The zero-order valence-electron chi connectivity index (χ0n) is 14.2. The fourth-order valence-corrected chi connectivity index (χ4v) is 2.51. The van der Waals surface area contributed by atoms with Crippen LogP contribution in [0.2, 0.25) is 0 Å². The minimum absolute atomic E-state index is 0.00762. The molecule has 0 radical (unpaired) electrons. The molecule has 0 unspecified atom stereocenters. The molecule has 0 aliphatic rings. The van der Waals surface area contributed by atoms with Crippen molar-refractivity contribution in [1.29, 1.82) is 0 Å². The molecule has 0 aromatic heterocycles. The van der Waals surface area contributed by atoms with Crippen LogP contribution in [0.3, 0.4) is 0 Å². The number of hydrogen-bond donors (Lipinski definition) is 2. The third kappa shape index (κ3) is 5.71.